The van der Waals surface area contributed by atoms with E-state index >= 15 is 0 Å². The van der Waals surface area contributed by atoms with Gasteiger partial charge in [0.15, 0.2) is 0 Å². The minimum absolute atomic E-state index is 0.145. The summed E-state index contributed by atoms with van der Waals surface area (Å²) >= 11 is 0. The lowest BCUT2D eigenvalue weighted by Crippen LogP contribution is -2.40. The molecule has 0 bridgehead atoms. The average molecular weight is 409 g/mol. The van der Waals surface area contributed by atoms with E-state index in [1.807, 2.05) is 61.5 Å². The van der Waals surface area contributed by atoms with Crippen molar-refractivity contribution in [2.24, 2.45) is 5.73 Å². The molecule has 3 aromatic rings. The maximum absolute atomic E-state index is 13.3. The van der Waals surface area contributed by atoms with Crippen LogP contribution in [0.15, 0.2) is 59.4 Å². The molecule has 1 heterocycles. The van der Waals surface area contributed by atoms with Crippen LogP contribution < -0.4 is 21.3 Å². The summed E-state index contributed by atoms with van der Waals surface area (Å²) in [6, 6.07) is 16.2. The molecule has 0 aliphatic heterocycles. The maximum atomic E-state index is 13.3. The Morgan fingerprint density at radius 3 is 2.50 bits per heavy atom. The summed E-state index contributed by atoms with van der Waals surface area (Å²) in [5.74, 6) is 0.892. The third-order valence-corrected chi connectivity index (χ3v) is 4.94. The Morgan fingerprint density at radius 2 is 1.83 bits per heavy atom. The van der Waals surface area contributed by atoms with Crippen LogP contribution in [0.25, 0.3) is 10.9 Å². The predicted molar refractivity (Wildman–Crippen MR) is 117 cm³/mol. The van der Waals surface area contributed by atoms with E-state index in [1.54, 1.807) is 18.6 Å². The van der Waals surface area contributed by atoms with Crippen molar-refractivity contribution in [3.63, 3.8) is 0 Å². The number of pyridine rings is 1. The van der Waals surface area contributed by atoms with Gasteiger partial charge in [0, 0.05) is 25.3 Å². The number of amides is 1. The standard InChI is InChI=1S/C23H27N3O4/c1-15(14-29-3)26-21-12-20(30-19-7-5-4-6-8-19)10-9-17(21)11-18(23(26)28)13-25-16(2)22(24)27/h4-12,15-16,25H,13-14H2,1-3H3,(H2,24,27). The number of carbonyl (C=O) groups excluding carboxylic acids is 1. The lowest BCUT2D eigenvalue weighted by Gasteiger charge is -2.20. The number of hydrogen-bond acceptors (Lipinski definition) is 5. The normalized spacial score (nSPS) is 13.2. The number of hydrogen-bond donors (Lipinski definition) is 2. The summed E-state index contributed by atoms with van der Waals surface area (Å²) in [5, 5.41) is 3.89. The van der Waals surface area contributed by atoms with Crippen molar-refractivity contribution in [1.82, 2.24) is 9.88 Å². The molecule has 7 heteroatoms. The van der Waals surface area contributed by atoms with Crippen LogP contribution in [-0.2, 0) is 16.1 Å². The first-order chi connectivity index (χ1) is 14.4. The number of primary amides is 1. The number of nitrogens with two attached hydrogens (primary N) is 1. The molecule has 0 fully saturated rings. The Morgan fingerprint density at radius 1 is 1.10 bits per heavy atom. The molecule has 2 unspecified atom stereocenters. The number of methoxy groups -OCH3 is 1. The Kier molecular flexibility index (Phi) is 6.87. The molecule has 2 aromatic carbocycles. The number of para-hydroxylation sites is 1. The molecule has 1 amide bonds. The summed E-state index contributed by atoms with van der Waals surface area (Å²) in [7, 11) is 1.60. The molecule has 0 spiro atoms. The highest BCUT2D eigenvalue weighted by Crippen LogP contribution is 2.27. The Balaban J connectivity index is 2.04. The molecule has 0 saturated heterocycles. The number of aromatic nitrogens is 1. The molecular formula is C23H27N3O4. The van der Waals surface area contributed by atoms with Crippen LogP contribution in [-0.4, -0.2) is 30.2 Å². The predicted octanol–water partition coefficient (Wildman–Crippen LogP) is 2.96. The molecule has 7 nitrogen and oxygen atoms in total. The van der Waals surface area contributed by atoms with Crippen LogP contribution in [0.5, 0.6) is 11.5 Å². The van der Waals surface area contributed by atoms with Crippen molar-refractivity contribution in [1.29, 1.82) is 0 Å². The fourth-order valence-electron chi connectivity index (χ4n) is 3.30. The highest BCUT2D eigenvalue weighted by atomic mass is 16.5. The Labute approximate surface area is 175 Å². The van der Waals surface area contributed by atoms with E-state index in [2.05, 4.69) is 5.32 Å². The smallest absolute Gasteiger partial charge is 0.255 e. The summed E-state index contributed by atoms with van der Waals surface area (Å²) in [6.45, 7) is 4.22. The van der Waals surface area contributed by atoms with Crippen LogP contribution in [0.3, 0.4) is 0 Å². The number of ether oxygens (including phenoxy) is 2. The molecule has 0 aliphatic carbocycles. The largest absolute Gasteiger partial charge is 0.457 e. The lowest BCUT2D eigenvalue weighted by atomic mass is 10.1. The third kappa shape index (κ3) is 4.87. The van der Waals surface area contributed by atoms with Crippen molar-refractivity contribution >= 4 is 16.8 Å². The van der Waals surface area contributed by atoms with Gasteiger partial charge in [-0.2, -0.15) is 0 Å². The van der Waals surface area contributed by atoms with Gasteiger partial charge >= 0.3 is 0 Å². The SMILES string of the molecule is COCC(C)n1c(=O)c(CNC(C)C(N)=O)cc2ccc(Oc3ccccc3)cc21. The number of benzene rings is 2. The summed E-state index contributed by atoms with van der Waals surface area (Å²) in [4.78, 5) is 24.6. The summed E-state index contributed by atoms with van der Waals surface area (Å²) < 4.78 is 12.9. The molecule has 2 atom stereocenters. The Hall–Kier alpha value is -3.16. The third-order valence-electron chi connectivity index (χ3n) is 4.94. The van der Waals surface area contributed by atoms with Crippen molar-refractivity contribution in [2.75, 3.05) is 13.7 Å². The fourth-order valence-corrected chi connectivity index (χ4v) is 3.30. The zero-order valence-electron chi connectivity index (χ0n) is 17.4. The number of rotatable bonds is 9. The van der Waals surface area contributed by atoms with E-state index in [1.165, 1.54) is 0 Å². The van der Waals surface area contributed by atoms with E-state index in [-0.39, 0.29) is 18.1 Å². The van der Waals surface area contributed by atoms with Gasteiger partial charge in [-0.1, -0.05) is 18.2 Å². The molecule has 158 valence electrons. The maximum Gasteiger partial charge on any atom is 0.255 e. The zero-order chi connectivity index (χ0) is 21.7. The molecular weight excluding hydrogens is 382 g/mol. The van der Waals surface area contributed by atoms with Crippen LogP contribution in [0.2, 0.25) is 0 Å². The van der Waals surface area contributed by atoms with Crippen molar-refractivity contribution in [2.45, 2.75) is 32.5 Å². The van der Waals surface area contributed by atoms with E-state index in [4.69, 9.17) is 15.2 Å². The van der Waals surface area contributed by atoms with Gasteiger partial charge in [0.25, 0.3) is 5.56 Å². The number of nitrogens with zero attached hydrogens (tertiary/aromatic N) is 1. The lowest BCUT2D eigenvalue weighted by molar-refractivity contribution is -0.119. The van der Waals surface area contributed by atoms with Gasteiger partial charge < -0.3 is 25.1 Å². The van der Waals surface area contributed by atoms with Crippen LogP contribution in [0.4, 0.5) is 0 Å². The van der Waals surface area contributed by atoms with Crippen molar-refractivity contribution in [3.8, 4) is 11.5 Å². The van der Waals surface area contributed by atoms with E-state index < -0.39 is 11.9 Å². The highest BCUT2D eigenvalue weighted by molar-refractivity contribution is 5.82. The fraction of sp³-hybridized carbons (Fsp3) is 0.304. The van der Waals surface area contributed by atoms with E-state index in [0.29, 0.717) is 17.9 Å². The van der Waals surface area contributed by atoms with Gasteiger partial charge in [0.05, 0.1) is 24.2 Å². The number of nitrogens with one attached hydrogen (secondary N) is 1. The monoisotopic (exact) mass is 409 g/mol. The molecule has 1 aromatic heterocycles. The minimum atomic E-state index is -0.536. The van der Waals surface area contributed by atoms with Gasteiger partial charge in [0.2, 0.25) is 5.91 Å². The topological polar surface area (TPSA) is 95.6 Å². The molecule has 0 aliphatic rings. The molecule has 3 N–H and O–H groups in total. The first-order valence-electron chi connectivity index (χ1n) is 9.83. The first kappa shape index (κ1) is 21.5. The van der Waals surface area contributed by atoms with Gasteiger partial charge in [-0.15, -0.1) is 0 Å². The van der Waals surface area contributed by atoms with Gasteiger partial charge in [-0.25, -0.2) is 0 Å². The summed E-state index contributed by atoms with van der Waals surface area (Å²) in [5.41, 5.74) is 6.47. The molecule has 0 saturated carbocycles. The Bertz CT molecular complexity index is 1080. The van der Waals surface area contributed by atoms with Gasteiger partial charge in [-0.05, 0) is 49.6 Å². The van der Waals surface area contributed by atoms with Crippen molar-refractivity contribution in [3.05, 3.63) is 70.5 Å². The van der Waals surface area contributed by atoms with Crippen LogP contribution >= 0.6 is 0 Å². The highest BCUT2D eigenvalue weighted by Gasteiger charge is 2.17. The van der Waals surface area contributed by atoms with Gasteiger partial charge in [0.1, 0.15) is 11.5 Å². The second-order valence-corrected chi connectivity index (χ2v) is 7.29. The first-order valence-corrected chi connectivity index (χ1v) is 9.83. The minimum Gasteiger partial charge on any atom is -0.457 e. The van der Waals surface area contributed by atoms with E-state index in [9.17, 15) is 9.59 Å². The number of carbonyl (C=O) groups is 1. The molecule has 30 heavy (non-hydrogen) atoms. The molecule has 3 rings (SSSR count). The summed E-state index contributed by atoms with van der Waals surface area (Å²) in [6.07, 6.45) is 0. The van der Waals surface area contributed by atoms with E-state index in [0.717, 1.165) is 16.7 Å². The quantitative estimate of drug-likeness (QED) is 0.566. The van der Waals surface area contributed by atoms with Crippen LogP contribution in [0.1, 0.15) is 25.5 Å². The average Bonchev–Trinajstić information content (AvgIpc) is 2.73. The van der Waals surface area contributed by atoms with Crippen molar-refractivity contribution < 1.29 is 14.3 Å². The van der Waals surface area contributed by atoms with Crippen LogP contribution in [0, 0.1) is 0 Å². The second-order valence-electron chi connectivity index (χ2n) is 7.29. The number of fused-ring (bicyclic) bond motifs is 1. The molecule has 0 radical (unpaired) electrons. The second kappa shape index (κ2) is 9.56. The van der Waals surface area contributed by atoms with Gasteiger partial charge in [-0.3, -0.25) is 9.59 Å². The zero-order valence-corrected chi connectivity index (χ0v) is 17.4.